The molecule has 4 aliphatic rings. The zero-order valence-corrected chi connectivity index (χ0v) is 30.7. The minimum absolute atomic E-state index is 0.142. The van der Waals surface area contributed by atoms with E-state index < -0.39 is 88.4 Å². The van der Waals surface area contributed by atoms with Gasteiger partial charge in [0.05, 0.1) is 32.3 Å². The second kappa shape index (κ2) is 13.7. The predicted octanol–water partition coefficient (Wildman–Crippen LogP) is 5.39. The van der Waals surface area contributed by atoms with Crippen LogP contribution in [0, 0.1) is 28.1 Å². The molecule has 11 atom stereocenters. The normalized spacial score (nSPS) is 37.8. The number of ether oxygens (including phenoxy) is 6. The summed E-state index contributed by atoms with van der Waals surface area (Å²) in [5, 5.41) is 0. The van der Waals surface area contributed by atoms with Gasteiger partial charge >= 0.3 is 29.8 Å². The van der Waals surface area contributed by atoms with Gasteiger partial charge in [0.1, 0.15) is 24.4 Å². The molecule has 274 valence electrons. The number of carbonyl (C=O) groups is 5. The fourth-order valence-corrected chi connectivity index (χ4v) is 10.2. The molecule has 1 unspecified atom stereocenters. The van der Waals surface area contributed by atoms with E-state index in [1.807, 2.05) is 33.8 Å². The van der Waals surface area contributed by atoms with Gasteiger partial charge in [-0.1, -0.05) is 32.4 Å². The molecule has 0 radical (unpaired) electrons. The van der Waals surface area contributed by atoms with Gasteiger partial charge in [0.2, 0.25) is 0 Å². The van der Waals surface area contributed by atoms with Crippen molar-refractivity contribution >= 4 is 29.8 Å². The Kier molecular flexibility index (Phi) is 10.2. The van der Waals surface area contributed by atoms with Crippen molar-refractivity contribution in [3.8, 4) is 0 Å². The predicted molar refractivity (Wildman–Crippen MR) is 177 cm³/mol. The maximum atomic E-state index is 13.8. The van der Waals surface area contributed by atoms with Crippen LogP contribution in [0.3, 0.4) is 0 Å². The fourth-order valence-electron chi connectivity index (χ4n) is 10.2. The van der Waals surface area contributed by atoms with E-state index in [0.29, 0.717) is 17.6 Å². The van der Waals surface area contributed by atoms with Crippen molar-refractivity contribution in [2.24, 2.45) is 28.1 Å². The van der Waals surface area contributed by atoms with E-state index in [4.69, 9.17) is 32.8 Å². The van der Waals surface area contributed by atoms with Crippen LogP contribution in [-0.4, -0.2) is 74.1 Å². The molecule has 1 saturated heterocycles. The molecule has 3 aliphatic carbocycles. The number of carbonyl (C=O) groups excluding carboxylic acids is 5. The van der Waals surface area contributed by atoms with Crippen molar-refractivity contribution in [2.45, 2.75) is 118 Å². The molecular formula is C38H50O12. The summed E-state index contributed by atoms with van der Waals surface area (Å²) < 4.78 is 42.2. The average molecular weight is 699 g/mol. The lowest BCUT2D eigenvalue weighted by atomic mass is 9.39. The van der Waals surface area contributed by atoms with Gasteiger partial charge < -0.3 is 32.8 Å². The number of allylic oxidation sites excluding steroid dienone is 2. The van der Waals surface area contributed by atoms with Crippen LogP contribution in [0.1, 0.15) is 93.1 Å². The summed E-state index contributed by atoms with van der Waals surface area (Å²) in [6, 6.07) is 1.86. The largest absolute Gasteiger partial charge is 0.472 e. The first-order valence-electron chi connectivity index (χ1n) is 17.2. The van der Waals surface area contributed by atoms with Crippen molar-refractivity contribution in [3.63, 3.8) is 0 Å². The second-order valence-corrected chi connectivity index (χ2v) is 15.0. The van der Waals surface area contributed by atoms with Gasteiger partial charge in [0.15, 0.2) is 0 Å². The van der Waals surface area contributed by atoms with E-state index in [2.05, 4.69) is 0 Å². The monoisotopic (exact) mass is 698 g/mol. The fraction of sp³-hybridized carbons (Fsp3) is 0.658. The van der Waals surface area contributed by atoms with Gasteiger partial charge in [-0.05, 0) is 50.3 Å². The first kappa shape index (κ1) is 37.3. The molecule has 50 heavy (non-hydrogen) atoms. The van der Waals surface area contributed by atoms with E-state index in [1.165, 1.54) is 27.9 Å². The van der Waals surface area contributed by atoms with Gasteiger partial charge in [0.25, 0.3) is 0 Å². The zero-order chi connectivity index (χ0) is 36.9. The number of hydrogen-bond donors (Lipinski definition) is 0. The van der Waals surface area contributed by atoms with Crippen LogP contribution in [0.5, 0.6) is 0 Å². The smallest absolute Gasteiger partial charge is 0.333 e. The summed E-state index contributed by atoms with van der Waals surface area (Å²) in [6.45, 7) is 15.4. The van der Waals surface area contributed by atoms with Crippen molar-refractivity contribution in [3.05, 3.63) is 47.0 Å². The molecule has 0 amide bonds. The minimum atomic E-state index is -1.26. The molecule has 12 nitrogen and oxygen atoms in total. The van der Waals surface area contributed by atoms with E-state index in [0.717, 1.165) is 11.1 Å². The maximum absolute atomic E-state index is 13.8. The van der Waals surface area contributed by atoms with Gasteiger partial charge in [-0.15, -0.1) is 0 Å². The highest BCUT2D eigenvalue weighted by molar-refractivity contribution is 5.88. The number of hydrogen-bond acceptors (Lipinski definition) is 12. The topological polar surface area (TPSA) is 154 Å². The third kappa shape index (κ3) is 5.96. The van der Waals surface area contributed by atoms with E-state index >= 15 is 0 Å². The van der Waals surface area contributed by atoms with Gasteiger partial charge in [-0.2, -0.15) is 0 Å². The molecular weight excluding hydrogens is 648 g/mol. The van der Waals surface area contributed by atoms with Gasteiger partial charge in [-0.3, -0.25) is 19.2 Å². The van der Waals surface area contributed by atoms with Crippen LogP contribution >= 0.6 is 0 Å². The Labute approximate surface area is 293 Å². The Morgan fingerprint density at radius 2 is 1.56 bits per heavy atom. The summed E-state index contributed by atoms with van der Waals surface area (Å²) in [5.41, 5.74) is -0.300. The molecule has 2 heterocycles. The molecule has 0 spiro atoms. The van der Waals surface area contributed by atoms with Crippen molar-refractivity contribution in [1.82, 2.24) is 0 Å². The summed E-state index contributed by atoms with van der Waals surface area (Å²) in [7, 11) is 1.31. The van der Waals surface area contributed by atoms with E-state index in [-0.39, 0.29) is 25.4 Å². The highest BCUT2D eigenvalue weighted by Crippen LogP contribution is 2.72. The van der Waals surface area contributed by atoms with Crippen LogP contribution in [0.4, 0.5) is 0 Å². The van der Waals surface area contributed by atoms with E-state index in [9.17, 15) is 24.0 Å². The van der Waals surface area contributed by atoms with Crippen LogP contribution < -0.4 is 0 Å². The first-order chi connectivity index (χ1) is 23.4. The van der Waals surface area contributed by atoms with Crippen molar-refractivity contribution < 1.29 is 56.8 Å². The maximum Gasteiger partial charge on any atom is 0.333 e. The zero-order valence-electron chi connectivity index (χ0n) is 30.7. The molecule has 5 rings (SSSR count). The minimum Gasteiger partial charge on any atom is -0.472 e. The Bertz CT molecular complexity index is 1590. The molecule has 0 bridgehead atoms. The standard InChI is InChI=1S/C38H50O12/c1-11-19(2)35(43)50-34-32-33-36(7,18-46-32)28(48-22(5)40)16-29(49-23(6)41)37(33,8)27(15-30(42)44-10)38(34,9)31-20(3)25(24-12-13-45-17-24)14-26(31)47-21(4)39/h11-13,17,25-29,32-34H,14-16,18H2,1-10H3/b19-11+/t25-,26+,27-,28-,29+,32-,33?,34-,36-,37+,38-/m1/s1. The van der Waals surface area contributed by atoms with Crippen LogP contribution in [0.25, 0.3) is 0 Å². The second-order valence-electron chi connectivity index (χ2n) is 15.0. The summed E-state index contributed by atoms with van der Waals surface area (Å²) in [5.74, 6) is -4.12. The lowest BCUT2D eigenvalue weighted by Gasteiger charge is -2.66. The summed E-state index contributed by atoms with van der Waals surface area (Å²) in [4.78, 5) is 65.5. The Balaban J connectivity index is 1.85. The SMILES string of the molecule is C/C=C(\C)C(=O)O[C@@H]1[C@@H]2OC[C@@]3(C)C2[C@](C)([C@@H](OC(C)=O)C[C@H]3OC(C)=O)[C@@H](CC(=O)OC)[C@]1(C)C1=C(C)[C@H](c2ccoc2)C[C@@H]1OC(C)=O. The first-order valence-corrected chi connectivity index (χ1v) is 17.2. The third-order valence-electron chi connectivity index (χ3n) is 12.3. The Morgan fingerprint density at radius 1 is 0.920 bits per heavy atom. The number of esters is 5. The van der Waals surface area contributed by atoms with E-state index in [1.54, 1.807) is 32.4 Å². The van der Waals surface area contributed by atoms with Gasteiger partial charge in [0, 0.05) is 67.3 Å². The highest BCUT2D eigenvalue weighted by Gasteiger charge is 2.77. The molecule has 0 aromatic carbocycles. The third-order valence-corrected chi connectivity index (χ3v) is 12.3. The molecule has 1 aromatic heterocycles. The molecule has 0 N–H and O–H groups in total. The van der Waals surface area contributed by atoms with Crippen molar-refractivity contribution in [2.75, 3.05) is 13.7 Å². The molecule has 3 fully saturated rings. The molecule has 1 aliphatic heterocycles. The number of furan rings is 1. The highest BCUT2D eigenvalue weighted by atomic mass is 16.6. The van der Waals surface area contributed by atoms with Crippen LogP contribution in [0.15, 0.2) is 45.8 Å². The molecule has 2 saturated carbocycles. The van der Waals surface area contributed by atoms with Crippen LogP contribution in [-0.2, 0) is 52.4 Å². The van der Waals surface area contributed by atoms with Crippen molar-refractivity contribution in [1.29, 1.82) is 0 Å². The van der Waals surface area contributed by atoms with Gasteiger partial charge in [-0.25, -0.2) is 4.79 Å². The molecule has 12 heteroatoms. The Hall–Kier alpha value is -3.93. The number of rotatable bonds is 9. The quantitative estimate of drug-likeness (QED) is 0.141. The molecule has 1 aromatic rings. The summed E-state index contributed by atoms with van der Waals surface area (Å²) >= 11 is 0. The Morgan fingerprint density at radius 3 is 2.12 bits per heavy atom. The van der Waals surface area contributed by atoms with Crippen LogP contribution in [0.2, 0.25) is 0 Å². The lowest BCUT2D eigenvalue weighted by molar-refractivity contribution is -0.260. The number of methoxy groups -OCH3 is 1. The average Bonchev–Trinajstić information content (AvgIpc) is 3.77. The lowest BCUT2D eigenvalue weighted by Crippen LogP contribution is -2.72. The summed E-state index contributed by atoms with van der Waals surface area (Å²) in [6.07, 6.45) is 1.11.